The number of rotatable bonds is 5. The van der Waals surface area contributed by atoms with E-state index in [-0.39, 0.29) is 11.8 Å². The van der Waals surface area contributed by atoms with Crippen LogP contribution in [-0.2, 0) is 10.2 Å². The number of benzene rings is 2. The lowest BCUT2D eigenvalue weighted by molar-refractivity contribution is -0.121. The van der Waals surface area contributed by atoms with E-state index < -0.39 is 5.41 Å². The zero-order chi connectivity index (χ0) is 18.9. The highest BCUT2D eigenvalue weighted by Gasteiger charge is 2.42. The van der Waals surface area contributed by atoms with Crippen molar-refractivity contribution in [2.75, 3.05) is 5.32 Å². The van der Waals surface area contributed by atoms with Crippen LogP contribution in [0.2, 0.25) is 0 Å². The lowest BCUT2D eigenvalue weighted by atomic mass is 9.78. The van der Waals surface area contributed by atoms with Crippen LogP contribution in [0.4, 0.5) is 5.69 Å². The molecule has 140 valence electrons. The summed E-state index contributed by atoms with van der Waals surface area (Å²) in [7, 11) is 0. The quantitative estimate of drug-likeness (QED) is 0.721. The van der Waals surface area contributed by atoms with E-state index in [0.29, 0.717) is 17.3 Å². The average molecular weight is 427 g/mol. The van der Waals surface area contributed by atoms with Gasteiger partial charge < -0.3 is 10.6 Å². The Hall–Kier alpha value is -2.14. The molecule has 0 heterocycles. The molecule has 4 nitrogen and oxygen atoms in total. The van der Waals surface area contributed by atoms with Gasteiger partial charge >= 0.3 is 0 Å². The van der Waals surface area contributed by atoms with Gasteiger partial charge in [0, 0.05) is 21.8 Å². The number of halogens is 1. The molecule has 0 radical (unpaired) electrons. The van der Waals surface area contributed by atoms with E-state index >= 15 is 0 Å². The van der Waals surface area contributed by atoms with Gasteiger partial charge in [0.2, 0.25) is 5.91 Å². The summed E-state index contributed by atoms with van der Waals surface area (Å²) >= 11 is 3.47. The smallest absolute Gasteiger partial charge is 0.251 e. The summed E-state index contributed by atoms with van der Waals surface area (Å²) in [4.78, 5) is 25.5. The second-order valence-electron chi connectivity index (χ2n) is 7.58. The first-order chi connectivity index (χ1) is 13.1. The van der Waals surface area contributed by atoms with Gasteiger partial charge in [-0.25, -0.2) is 0 Å². The molecule has 2 aromatic carbocycles. The van der Waals surface area contributed by atoms with Crippen LogP contribution in [0.25, 0.3) is 0 Å². The minimum absolute atomic E-state index is 0.0158. The Balaban J connectivity index is 1.54. The minimum atomic E-state index is -0.493. The van der Waals surface area contributed by atoms with Crippen molar-refractivity contribution in [1.29, 1.82) is 0 Å². The van der Waals surface area contributed by atoms with Crippen molar-refractivity contribution in [3.8, 4) is 0 Å². The fourth-order valence-corrected chi connectivity index (χ4v) is 4.14. The summed E-state index contributed by atoms with van der Waals surface area (Å²) in [6, 6.07) is 15.6. The van der Waals surface area contributed by atoms with Gasteiger partial charge in [-0.15, -0.1) is 0 Å². The molecule has 0 spiro atoms. The first kappa shape index (κ1) is 18.2. The molecule has 0 unspecified atom stereocenters. The largest absolute Gasteiger partial charge is 0.349 e. The molecule has 4 rings (SSSR count). The van der Waals surface area contributed by atoms with E-state index in [9.17, 15) is 9.59 Å². The van der Waals surface area contributed by atoms with Crippen molar-refractivity contribution in [2.45, 2.75) is 50.0 Å². The monoisotopic (exact) mass is 426 g/mol. The van der Waals surface area contributed by atoms with Crippen LogP contribution < -0.4 is 10.6 Å². The Kier molecular flexibility index (Phi) is 5.04. The van der Waals surface area contributed by atoms with Crippen LogP contribution in [-0.4, -0.2) is 17.9 Å². The standard InChI is InChI=1S/C22H23BrN2O2/c23-17-8-6-16(7-9-17)22(12-1-2-13-22)21(27)25-19-5-3-4-15(14-19)20(26)24-18-10-11-18/h3-9,14,18H,1-2,10-13H2,(H,24,26)(H,25,27). The molecule has 2 saturated carbocycles. The zero-order valence-corrected chi connectivity index (χ0v) is 16.7. The molecule has 2 aromatic rings. The molecule has 0 aliphatic heterocycles. The highest BCUT2D eigenvalue weighted by atomic mass is 79.9. The Morgan fingerprint density at radius 1 is 1.00 bits per heavy atom. The fourth-order valence-electron chi connectivity index (χ4n) is 3.88. The van der Waals surface area contributed by atoms with Crippen LogP contribution in [0.15, 0.2) is 53.0 Å². The SMILES string of the molecule is O=C(NC1CC1)c1cccc(NC(=O)C2(c3ccc(Br)cc3)CCCC2)c1. The van der Waals surface area contributed by atoms with Crippen LogP contribution in [0.3, 0.4) is 0 Å². The predicted octanol–water partition coefficient (Wildman–Crippen LogP) is 4.79. The summed E-state index contributed by atoms with van der Waals surface area (Å²) in [5, 5.41) is 6.06. The number of hydrogen-bond acceptors (Lipinski definition) is 2. The van der Waals surface area contributed by atoms with E-state index in [1.807, 2.05) is 36.4 Å². The number of carbonyl (C=O) groups is 2. The van der Waals surface area contributed by atoms with E-state index in [0.717, 1.165) is 48.6 Å². The van der Waals surface area contributed by atoms with Crippen molar-refractivity contribution < 1.29 is 9.59 Å². The average Bonchev–Trinajstić information content (AvgIpc) is 3.34. The maximum absolute atomic E-state index is 13.3. The van der Waals surface area contributed by atoms with E-state index in [2.05, 4.69) is 26.6 Å². The molecule has 0 atom stereocenters. The number of carbonyl (C=O) groups excluding carboxylic acids is 2. The second kappa shape index (κ2) is 7.47. The number of nitrogens with one attached hydrogen (secondary N) is 2. The third-order valence-corrected chi connectivity index (χ3v) is 6.11. The molecule has 0 aromatic heterocycles. The van der Waals surface area contributed by atoms with Crippen LogP contribution in [0.1, 0.15) is 54.4 Å². The van der Waals surface area contributed by atoms with Gasteiger partial charge in [-0.1, -0.05) is 47.0 Å². The maximum Gasteiger partial charge on any atom is 0.251 e. The highest BCUT2D eigenvalue weighted by molar-refractivity contribution is 9.10. The van der Waals surface area contributed by atoms with Gasteiger partial charge in [-0.2, -0.15) is 0 Å². The van der Waals surface area contributed by atoms with E-state index in [1.54, 1.807) is 12.1 Å². The van der Waals surface area contributed by atoms with Crippen molar-refractivity contribution in [2.24, 2.45) is 0 Å². The summed E-state index contributed by atoms with van der Waals surface area (Å²) < 4.78 is 1.01. The maximum atomic E-state index is 13.3. The predicted molar refractivity (Wildman–Crippen MR) is 110 cm³/mol. The van der Waals surface area contributed by atoms with Crippen molar-refractivity contribution in [3.63, 3.8) is 0 Å². The first-order valence-electron chi connectivity index (χ1n) is 9.55. The van der Waals surface area contributed by atoms with Crippen LogP contribution in [0, 0.1) is 0 Å². The lowest BCUT2D eigenvalue weighted by Crippen LogP contribution is -2.38. The third-order valence-electron chi connectivity index (χ3n) is 5.58. The van der Waals surface area contributed by atoms with E-state index in [1.165, 1.54) is 0 Å². The molecule has 2 aliphatic rings. The highest BCUT2D eigenvalue weighted by Crippen LogP contribution is 2.42. The molecule has 0 bridgehead atoms. The fraction of sp³-hybridized carbons (Fsp3) is 0.364. The zero-order valence-electron chi connectivity index (χ0n) is 15.1. The van der Waals surface area contributed by atoms with Crippen molar-refractivity contribution in [1.82, 2.24) is 5.32 Å². The molecular weight excluding hydrogens is 404 g/mol. The molecule has 2 fully saturated rings. The lowest BCUT2D eigenvalue weighted by Gasteiger charge is -2.28. The normalized spacial score (nSPS) is 18.1. The molecule has 5 heteroatoms. The van der Waals surface area contributed by atoms with Crippen molar-refractivity contribution in [3.05, 3.63) is 64.1 Å². The Morgan fingerprint density at radius 3 is 2.37 bits per heavy atom. The van der Waals surface area contributed by atoms with Gasteiger partial charge in [0.15, 0.2) is 0 Å². The Bertz CT molecular complexity index is 853. The number of amides is 2. The molecule has 2 N–H and O–H groups in total. The summed E-state index contributed by atoms with van der Waals surface area (Å²) in [5.41, 5.74) is 1.83. The second-order valence-corrected chi connectivity index (χ2v) is 8.49. The molecule has 27 heavy (non-hydrogen) atoms. The summed E-state index contributed by atoms with van der Waals surface area (Å²) in [5.74, 6) is -0.0563. The molecule has 0 saturated heterocycles. The molecule has 2 amide bonds. The summed E-state index contributed by atoms with van der Waals surface area (Å²) in [6.45, 7) is 0. The van der Waals surface area contributed by atoms with E-state index in [4.69, 9.17) is 0 Å². The minimum Gasteiger partial charge on any atom is -0.349 e. The van der Waals surface area contributed by atoms with Gasteiger partial charge in [0.25, 0.3) is 5.91 Å². The van der Waals surface area contributed by atoms with Crippen molar-refractivity contribution >= 4 is 33.4 Å². The first-order valence-corrected chi connectivity index (χ1v) is 10.3. The Morgan fingerprint density at radius 2 is 1.70 bits per heavy atom. The van der Waals surface area contributed by atoms with Crippen LogP contribution in [0.5, 0.6) is 0 Å². The third kappa shape index (κ3) is 3.93. The van der Waals surface area contributed by atoms with Gasteiger partial charge in [-0.3, -0.25) is 9.59 Å². The number of anilines is 1. The van der Waals surface area contributed by atoms with Crippen LogP contribution >= 0.6 is 15.9 Å². The van der Waals surface area contributed by atoms with Gasteiger partial charge in [0.05, 0.1) is 5.41 Å². The number of hydrogen-bond donors (Lipinski definition) is 2. The summed E-state index contributed by atoms with van der Waals surface area (Å²) in [6.07, 6.45) is 5.90. The topological polar surface area (TPSA) is 58.2 Å². The van der Waals surface area contributed by atoms with Gasteiger partial charge in [-0.05, 0) is 61.6 Å². The van der Waals surface area contributed by atoms with Gasteiger partial charge in [0.1, 0.15) is 0 Å². The Labute approximate surface area is 167 Å². The molecule has 2 aliphatic carbocycles. The molecular formula is C22H23BrN2O2.